The predicted molar refractivity (Wildman–Crippen MR) is 88.2 cm³/mol. The van der Waals surface area contributed by atoms with Crippen molar-refractivity contribution in [3.63, 3.8) is 0 Å². The highest BCUT2D eigenvalue weighted by Crippen LogP contribution is 2.20. The largest absolute Gasteiger partial charge is 0.435 e. The summed E-state index contributed by atoms with van der Waals surface area (Å²) in [6.07, 6.45) is 0. The molecule has 0 saturated carbocycles. The van der Waals surface area contributed by atoms with Crippen molar-refractivity contribution in [2.45, 2.75) is 13.5 Å². The lowest BCUT2D eigenvalue weighted by molar-refractivity contribution is -0.0497. The lowest BCUT2D eigenvalue weighted by Crippen LogP contribution is -2.15. The van der Waals surface area contributed by atoms with Crippen LogP contribution in [0.1, 0.15) is 16.1 Å². The maximum atomic E-state index is 12.3. The first-order valence-corrected chi connectivity index (χ1v) is 7.33. The Morgan fingerprint density at radius 3 is 2.72 bits per heavy atom. The molecule has 0 aliphatic carbocycles. The fourth-order valence-electron chi connectivity index (χ4n) is 2.35. The normalized spacial score (nSPS) is 10.9. The van der Waals surface area contributed by atoms with Crippen LogP contribution in [0.15, 0.2) is 57.7 Å². The van der Waals surface area contributed by atoms with E-state index in [0.29, 0.717) is 10.8 Å². The summed E-state index contributed by atoms with van der Waals surface area (Å²) >= 11 is 0. The number of fused-ring (bicyclic) bond motifs is 1. The van der Waals surface area contributed by atoms with E-state index in [0.717, 1.165) is 5.56 Å². The number of nitrogens with one attached hydrogen (secondary N) is 1. The minimum atomic E-state index is -2.96. The summed E-state index contributed by atoms with van der Waals surface area (Å²) in [6, 6.07) is 12.2. The van der Waals surface area contributed by atoms with Crippen LogP contribution in [0.4, 0.5) is 14.5 Å². The Labute approximate surface area is 140 Å². The van der Waals surface area contributed by atoms with Crippen molar-refractivity contribution >= 4 is 22.4 Å². The Bertz CT molecular complexity index is 998. The number of alkyl halides is 2. The summed E-state index contributed by atoms with van der Waals surface area (Å²) in [6.45, 7) is -1.12. The smallest absolute Gasteiger partial charge is 0.387 e. The van der Waals surface area contributed by atoms with Crippen LogP contribution in [0.5, 0.6) is 5.75 Å². The zero-order chi connectivity index (χ0) is 18.0. The predicted octanol–water partition coefficient (Wildman–Crippen LogP) is 3.96. The number of hydrogen-bond donors (Lipinski definition) is 1. The Morgan fingerprint density at radius 2 is 1.96 bits per heavy atom. The number of hydrogen-bond acceptors (Lipinski definition) is 4. The molecule has 3 aromatic rings. The van der Waals surface area contributed by atoms with Gasteiger partial charge in [0.1, 0.15) is 5.75 Å². The zero-order valence-corrected chi connectivity index (χ0v) is 13.1. The molecule has 3 rings (SSSR count). The molecule has 7 heteroatoms. The van der Waals surface area contributed by atoms with Gasteiger partial charge in [0.15, 0.2) is 5.76 Å². The maximum Gasteiger partial charge on any atom is 0.387 e. The van der Waals surface area contributed by atoms with Crippen LogP contribution in [-0.2, 0) is 0 Å². The van der Waals surface area contributed by atoms with E-state index in [9.17, 15) is 18.4 Å². The van der Waals surface area contributed by atoms with Crippen LogP contribution in [0.3, 0.4) is 0 Å². The second kappa shape index (κ2) is 6.72. The van der Waals surface area contributed by atoms with Gasteiger partial charge in [0.25, 0.3) is 5.91 Å². The molecule has 0 atom stereocenters. The van der Waals surface area contributed by atoms with Gasteiger partial charge < -0.3 is 14.5 Å². The van der Waals surface area contributed by atoms with Gasteiger partial charge >= 0.3 is 12.2 Å². The average molecular weight is 345 g/mol. The molecule has 0 aliphatic rings. The van der Waals surface area contributed by atoms with E-state index < -0.39 is 18.1 Å². The monoisotopic (exact) mass is 345 g/mol. The minimum absolute atomic E-state index is 0.0942. The molecule has 1 aromatic heterocycles. The molecule has 0 aliphatic heterocycles. The highest BCUT2D eigenvalue weighted by Gasteiger charge is 2.13. The van der Waals surface area contributed by atoms with Crippen molar-refractivity contribution in [1.82, 2.24) is 0 Å². The summed E-state index contributed by atoms with van der Waals surface area (Å²) in [4.78, 5) is 24.3. The van der Waals surface area contributed by atoms with Crippen molar-refractivity contribution in [3.05, 3.63) is 70.3 Å². The van der Waals surface area contributed by atoms with Crippen LogP contribution < -0.4 is 15.7 Å². The van der Waals surface area contributed by atoms with Crippen LogP contribution in [0.25, 0.3) is 10.8 Å². The number of benzene rings is 2. The molecule has 0 fully saturated rings. The third kappa shape index (κ3) is 3.82. The van der Waals surface area contributed by atoms with Gasteiger partial charge in [-0.1, -0.05) is 23.8 Å². The van der Waals surface area contributed by atoms with Gasteiger partial charge in [-0.3, -0.25) is 4.79 Å². The van der Waals surface area contributed by atoms with E-state index in [4.69, 9.17) is 4.42 Å². The van der Waals surface area contributed by atoms with Gasteiger partial charge in [-0.2, -0.15) is 8.78 Å². The van der Waals surface area contributed by atoms with Gasteiger partial charge in [0, 0.05) is 11.8 Å². The number of carbonyl (C=O) groups excluding carboxylic acids is 1. The number of rotatable bonds is 4. The van der Waals surface area contributed by atoms with E-state index in [1.165, 1.54) is 30.3 Å². The van der Waals surface area contributed by atoms with E-state index in [-0.39, 0.29) is 17.2 Å². The SMILES string of the molecule is Cc1ccc2cc(C(=O)Nc3cccc(OC(F)F)c3)oc(=O)c2c1. The molecule has 25 heavy (non-hydrogen) atoms. The second-order valence-electron chi connectivity index (χ2n) is 5.35. The summed E-state index contributed by atoms with van der Waals surface area (Å²) < 4.78 is 33.8. The molecule has 0 bridgehead atoms. The highest BCUT2D eigenvalue weighted by molar-refractivity contribution is 6.04. The van der Waals surface area contributed by atoms with Crippen molar-refractivity contribution in [2.24, 2.45) is 0 Å². The number of halogens is 2. The molecule has 1 N–H and O–H groups in total. The third-order valence-corrected chi connectivity index (χ3v) is 3.46. The summed E-state index contributed by atoms with van der Waals surface area (Å²) in [7, 11) is 0. The van der Waals surface area contributed by atoms with Gasteiger partial charge in [0.05, 0.1) is 5.39 Å². The first kappa shape index (κ1) is 16.6. The van der Waals surface area contributed by atoms with Crippen molar-refractivity contribution in [2.75, 3.05) is 5.32 Å². The van der Waals surface area contributed by atoms with E-state index in [1.54, 1.807) is 12.1 Å². The van der Waals surface area contributed by atoms with Crippen LogP contribution in [0.2, 0.25) is 0 Å². The van der Waals surface area contributed by atoms with Crippen LogP contribution in [-0.4, -0.2) is 12.5 Å². The molecule has 1 heterocycles. The third-order valence-electron chi connectivity index (χ3n) is 3.46. The molecule has 0 unspecified atom stereocenters. The van der Waals surface area contributed by atoms with Gasteiger partial charge in [-0.25, -0.2) is 4.79 Å². The van der Waals surface area contributed by atoms with Crippen LogP contribution >= 0.6 is 0 Å². The van der Waals surface area contributed by atoms with Crippen molar-refractivity contribution < 1.29 is 22.7 Å². The number of carbonyl (C=O) groups is 1. The number of anilines is 1. The molecular formula is C18H13F2NO4. The lowest BCUT2D eigenvalue weighted by atomic mass is 10.1. The van der Waals surface area contributed by atoms with Crippen LogP contribution in [0, 0.1) is 6.92 Å². The van der Waals surface area contributed by atoms with Gasteiger partial charge in [0.2, 0.25) is 0 Å². The highest BCUT2D eigenvalue weighted by atomic mass is 19.3. The van der Waals surface area contributed by atoms with E-state index in [1.807, 2.05) is 13.0 Å². The molecule has 0 radical (unpaired) electrons. The molecule has 1 amide bonds. The Balaban J connectivity index is 1.88. The maximum absolute atomic E-state index is 12.3. The molecule has 2 aromatic carbocycles. The molecule has 5 nitrogen and oxygen atoms in total. The lowest BCUT2D eigenvalue weighted by Gasteiger charge is -2.08. The summed E-state index contributed by atoms with van der Waals surface area (Å²) in [5, 5.41) is 3.43. The quantitative estimate of drug-likeness (QED) is 0.777. The standard InChI is InChI=1S/C18H13F2NO4/c1-10-5-6-11-8-15(25-17(23)14(11)7-10)16(22)21-12-3-2-4-13(9-12)24-18(19)20/h2-9,18H,1H3,(H,21,22). The number of ether oxygens (including phenoxy) is 1. The average Bonchev–Trinajstić information content (AvgIpc) is 2.55. The first-order valence-electron chi connectivity index (χ1n) is 7.33. The topological polar surface area (TPSA) is 68.5 Å². The van der Waals surface area contributed by atoms with Gasteiger partial charge in [-0.05, 0) is 36.6 Å². The zero-order valence-electron chi connectivity index (χ0n) is 13.1. The second-order valence-corrected chi connectivity index (χ2v) is 5.35. The summed E-state index contributed by atoms with van der Waals surface area (Å²) in [5.41, 5.74) is 0.504. The van der Waals surface area contributed by atoms with Gasteiger partial charge in [-0.15, -0.1) is 0 Å². The Morgan fingerprint density at radius 1 is 1.16 bits per heavy atom. The number of amides is 1. The Kier molecular flexibility index (Phi) is 4.47. The van der Waals surface area contributed by atoms with E-state index >= 15 is 0 Å². The minimum Gasteiger partial charge on any atom is -0.435 e. The fourth-order valence-corrected chi connectivity index (χ4v) is 2.35. The summed E-state index contributed by atoms with van der Waals surface area (Å²) in [5.74, 6) is -0.946. The molecular weight excluding hydrogens is 332 g/mol. The molecule has 128 valence electrons. The fraction of sp³-hybridized carbons (Fsp3) is 0.111. The Hall–Kier alpha value is -3.22. The van der Waals surface area contributed by atoms with Crippen molar-refractivity contribution in [3.8, 4) is 5.75 Å². The van der Waals surface area contributed by atoms with E-state index in [2.05, 4.69) is 10.1 Å². The first-order chi connectivity index (χ1) is 11.9. The molecule has 0 spiro atoms. The number of aryl methyl sites for hydroxylation is 1. The molecule has 0 saturated heterocycles. The van der Waals surface area contributed by atoms with Crippen molar-refractivity contribution in [1.29, 1.82) is 0 Å².